The summed E-state index contributed by atoms with van der Waals surface area (Å²) in [5, 5.41) is 6.48. The van der Waals surface area contributed by atoms with Gasteiger partial charge in [-0.2, -0.15) is 0 Å². The van der Waals surface area contributed by atoms with E-state index < -0.39 is 5.41 Å². The van der Waals surface area contributed by atoms with Crippen LogP contribution in [-0.2, 0) is 16.6 Å². The van der Waals surface area contributed by atoms with Crippen LogP contribution >= 0.6 is 0 Å². The van der Waals surface area contributed by atoms with Gasteiger partial charge in [0.2, 0.25) is 5.91 Å². The third kappa shape index (κ3) is 3.03. The summed E-state index contributed by atoms with van der Waals surface area (Å²) in [4.78, 5) is 17.6. The van der Waals surface area contributed by atoms with Gasteiger partial charge in [0.1, 0.15) is 5.82 Å². The number of nitrogens with one attached hydrogen (secondary N) is 2. The molecule has 1 fully saturated rings. The topological polar surface area (TPSA) is 68.2 Å². The average molecular weight is 330 g/mol. The Kier molecular flexibility index (Phi) is 4.87. The Labute approximate surface area is 142 Å². The number of carbonyl (C=O) groups is 1. The van der Waals surface area contributed by atoms with Crippen LogP contribution in [-0.4, -0.2) is 42.3 Å². The summed E-state index contributed by atoms with van der Waals surface area (Å²) in [7, 11) is 3.65. The minimum absolute atomic E-state index is 0.0606. The van der Waals surface area contributed by atoms with Crippen LogP contribution < -0.4 is 10.6 Å². The number of hydrogen-bond acceptors (Lipinski definition) is 4. The van der Waals surface area contributed by atoms with E-state index in [2.05, 4.69) is 15.6 Å². The summed E-state index contributed by atoms with van der Waals surface area (Å²) in [6, 6.07) is 7.86. The first-order valence-electron chi connectivity index (χ1n) is 8.49. The van der Waals surface area contributed by atoms with Gasteiger partial charge in [0, 0.05) is 14.2 Å². The van der Waals surface area contributed by atoms with Crippen molar-refractivity contribution in [3.05, 3.63) is 30.1 Å². The van der Waals surface area contributed by atoms with Crippen molar-refractivity contribution in [1.82, 2.24) is 20.2 Å². The van der Waals surface area contributed by atoms with Crippen LogP contribution in [0.3, 0.4) is 0 Å². The summed E-state index contributed by atoms with van der Waals surface area (Å²) in [6.07, 6.45) is 1.59. The summed E-state index contributed by atoms with van der Waals surface area (Å²) in [5.41, 5.74) is 1.57. The van der Waals surface area contributed by atoms with Gasteiger partial charge in [0.25, 0.3) is 0 Å². The molecule has 3 rings (SSSR count). The van der Waals surface area contributed by atoms with Crippen LogP contribution in [0.4, 0.5) is 0 Å². The number of fused-ring (bicyclic) bond motifs is 1. The molecule has 0 bridgehead atoms. The van der Waals surface area contributed by atoms with Gasteiger partial charge in [-0.3, -0.25) is 4.79 Å². The first kappa shape index (κ1) is 16.9. The second kappa shape index (κ2) is 6.91. The van der Waals surface area contributed by atoms with E-state index in [9.17, 15) is 4.79 Å². The lowest BCUT2D eigenvalue weighted by Crippen LogP contribution is -2.50. The molecule has 1 amide bonds. The number of benzene rings is 1. The largest absolute Gasteiger partial charge is 0.384 e. The van der Waals surface area contributed by atoms with Crippen molar-refractivity contribution in [1.29, 1.82) is 0 Å². The zero-order valence-corrected chi connectivity index (χ0v) is 14.6. The van der Waals surface area contributed by atoms with E-state index in [1.54, 1.807) is 7.11 Å². The van der Waals surface area contributed by atoms with Crippen LogP contribution in [0.15, 0.2) is 24.3 Å². The number of ether oxygens (including phenoxy) is 1. The first-order chi connectivity index (χ1) is 11.6. The number of carbonyl (C=O) groups excluding carboxylic acids is 1. The van der Waals surface area contributed by atoms with Gasteiger partial charge in [0.15, 0.2) is 0 Å². The molecule has 1 aliphatic heterocycles. The Balaban J connectivity index is 1.80. The first-order valence-corrected chi connectivity index (χ1v) is 8.49. The fourth-order valence-corrected chi connectivity index (χ4v) is 3.58. The lowest BCUT2D eigenvalue weighted by molar-refractivity contribution is -0.137. The molecule has 1 aromatic heterocycles. The molecule has 0 spiro atoms. The molecule has 6 heteroatoms. The summed E-state index contributed by atoms with van der Waals surface area (Å²) in [6.45, 7) is 4.13. The number of imidazole rings is 1. The SMILES string of the molecule is COCC1(C(=O)NC(C)c2nc3ccccc3n2C)CCNCC1. The molecule has 6 nitrogen and oxygen atoms in total. The number of aromatic nitrogens is 2. The molecule has 1 atom stereocenters. The van der Waals surface area contributed by atoms with Crippen LogP contribution in [0.1, 0.15) is 31.6 Å². The number of nitrogens with zero attached hydrogens (tertiary/aromatic N) is 2. The highest BCUT2D eigenvalue weighted by atomic mass is 16.5. The van der Waals surface area contributed by atoms with Crippen molar-refractivity contribution in [2.45, 2.75) is 25.8 Å². The second-order valence-corrected chi connectivity index (χ2v) is 6.68. The van der Waals surface area contributed by atoms with Gasteiger partial charge in [-0.1, -0.05) is 12.1 Å². The Morgan fingerprint density at radius 2 is 2.12 bits per heavy atom. The summed E-state index contributed by atoms with van der Waals surface area (Å²) >= 11 is 0. The Hall–Kier alpha value is -1.92. The van der Waals surface area contributed by atoms with Crippen molar-refractivity contribution in [3.8, 4) is 0 Å². The van der Waals surface area contributed by atoms with Gasteiger partial charge in [-0.15, -0.1) is 0 Å². The standard InChI is InChI=1S/C18H26N4O2/c1-13(16-21-14-6-4-5-7-15(14)22(16)2)20-17(23)18(12-24-3)8-10-19-11-9-18/h4-7,13,19H,8-12H2,1-3H3,(H,20,23). The van der Waals surface area contributed by atoms with E-state index in [0.29, 0.717) is 6.61 Å². The maximum Gasteiger partial charge on any atom is 0.229 e. The van der Waals surface area contributed by atoms with Crippen molar-refractivity contribution in [3.63, 3.8) is 0 Å². The summed E-state index contributed by atoms with van der Waals surface area (Å²) in [5.74, 6) is 0.927. The molecule has 1 saturated heterocycles. The predicted octanol–water partition coefficient (Wildman–Crippen LogP) is 1.77. The second-order valence-electron chi connectivity index (χ2n) is 6.68. The van der Waals surface area contributed by atoms with E-state index in [-0.39, 0.29) is 11.9 Å². The van der Waals surface area contributed by atoms with Gasteiger partial charge in [-0.05, 0) is 45.0 Å². The van der Waals surface area contributed by atoms with E-state index in [1.165, 1.54) is 0 Å². The minimum atomic E-state index is -0.446. The van der Waals surface area contributed by atoms with Crippen LogP contribution in [0, 0.1) is 5.41 Å². The van der Waals surface area contributed by atoms with Crippen LogP contribution in [0.25, 0.3) is 11.0 Å². The van der Waals surface area contributed by atoms with Gasteiger partial charge in [0.05, 0.1) is 29.1 Å². The van der Waals surface area contributed by atoms with Crippen molar-refractivity contribution < 1.29 is 9.53 Å². The molecule has 130 valence electrons. The predicted molar refractivity (Wildman–Crippen MR) is 93.7 cm³/mol. The van der Waals surface area contributed by atoms with Crippen molar-refractivity contribution in [2.24, 2.45) is 12.5 Å². The van der Waals surface area contributed by atoms with Crippen LogP contribution in [0.2, 0.25) is 0 Å². The Morgan fingerprint density at radius 1 is 1.42 bits per heavy atom. The molecular weight excluding hydrogens is 304 g/mol. The zero-order valence-electron chi connectivity index (χ0n) is 14.6. The van der Waals surface area contributed by atoms with Crippen LogP contribution in [0.5, 0.6) is 0 Å². The molecule has 0 saturated carbocycles. The average Bonchev–Trinajstić information content (AvgIpc) is 2.93. The molecule has 24 heavy (non-hydrogen) atoms. The Morgan fingerprint density at radius 3 is 2.79 bits per heavy atom. The highest BCUT2D eigenvalue weighted by molar-refractivity contribution is 5.83. The number of piperidine rings is 1. The van der Waals surface area contributed by atoms with Crippen molar-refractivity contribution >= 4 is 16.9 Å². The molecule has 0 aliphatic carbocycles. The van der Waals surface area contributed by atoms with Gasteiger partial charge >= 0.3 is 0 Å². The monoisotopic (exact) mass is 330 g/mol. The minimum Gasteiger partial charge on any atom is -0.384 e. The smallest absolute Gasteiger partial charge is 0.229 e. The molecule has 1 aliphatic rings. The number of hydrogen-bond donors (Lipinski definition) is 2. The normalized spacial score (nSPS) is 18.5. The maximum atomic E-state index is 13.0. The fourth-order valence-electron chi connectivity index (χ4n) is 3.58. The van der Waals surface area contributed by atoms with E-state index in [1.807, 2.05) is 42.8 Å². The number of rotatable bonds is 5. The fraction of sp³-hybridized carbons (Fsp3) is 0.556. The third-order valence-corrected chi connectivity index (χ3v) is 5.02. The van der Waals surface area contributed by atoms with E-state index >= 15 is 0 Å². The van der Waals surface area contributed by atoms with Gasteiger partial charge in [-0.25, -0.2) is 4.98 Å². The third-order valence-electron chi connectivity index (χ3n) is 5.02. The zero-order chi connectivity index (χ0) is 17.2. The number of amides is 1. The van der Waals surface area contributed by atoms with E-state index in [4.69, 9.17) is 4.74 Å². The van der Waals surface area contributed by atoms with Gasteiger partial charge < -0.3 is 19.9 Å². The molecule has 2 N–H and O–H groups in total. The highest BCUT2D eigenvalue weighted by Crippen LogP contribution is 2.30. The number of para-hydroxylation sites is 2. The molecule has 2 aromatic rings. The summed E-state index contributed by atoms with van der Waals surface area (Å²) < 4.78 is 7.40. The van der Waals surface area contributed by atoms with E-state index in [0.717, 1.165) is 42.8 Å². The Bertz CT molecular complexity index is 713. The molecular formula is C18H26N4O2. The number of methoxy groups -OCH3 is 1. The number of aryl methyl sites for hydroxylation is 1. The molecule has 1 unspecified atom stereocenters. The lowest BCUT2D eigenvalue weighted by Gasteiger charge is -2.36. The lowest BCUT2D eigenvalue weighted by atomic mass is 9.78. The highest BCUT2D eigenvalue weighted by Gasteiger charge is 2.40. The molecule has 0 radical (unpaired) electrons. The molecule has 2 heterocycles. The maximum absolute atomic E-state index is 13.0. The quantitative estimate of drug-likeness (QED) is 0.877. The molecule has 1 aromatic carbocycles. The van der Waals surface area contributed by atoms with Crippen molar-refractivity contribution in [2.75, 3.05) is 26.8 Å².